The highest BCUT2D eigenvalue weighted by Crippen LogP contribution is 2.31. The van der Waals surface area contributed by atoms with E-state index in [1.54, 1.807) is 47.6 Å². The molecule has 182 valence electrons. The molecule has 0 aliphatic carbocycles. The van der Waals surface area contributed by atoms with Crippen molar-refractivity contribution in [3.63, 3.8) is 0 Å². The first-order chi connectivity index (χ1) is 15.4. The number of aromatic nitrogens is 2. The second-order valence-corrected chi connectivity index (χ2v) is 8.50. The van der Waals surface area contributed by atoms with Crippen LogP contribution in [0.2, 0.25) is 0 Å². The molecule has 0 aliphatic rings. The van der Waals surface area contributed by atoms with Gasteiger partial charge >= 0.3 is 18.1 Å². The van der Waals surface area contributed by atoms with Crippen LogP contribution in [0.25, 0.3) is 10.9 Å². The highest BCUT2D eigenvalue weighted by atomic mass is 19.1. The van der Waals surface area contributed by atoms with E-state index in [1.165, 1.54) is 13.2 Å². The Morgan fingerprint density at radius 3 is 2.36 bits per heavy atom. The Labute approximate surface area is 191 Å². The summed E-state index contributed by atoms with van der Waals surface area (Å²) in [5.74, 6) is -1.18. The van der Waals surface area contributed by atoms with E-state index in [9.17, 15) is 14.0 Å². The van der Waals surface area contributed by atoms with Gasteiger partial charge in [-0.1, -0.05) is 0 Å². The average molecular weight is 467 g/mol. The zero-order valence-electron chi connectivity index (χ0n) is 19.9. The van der Waals surface area contributed by atoms with E-state index in [0.29, 0.717) is 0 Å². The molecule has 1 heterocycles. The third-order valence-corrected chi connectivity index (χ3v) is 4.06. The second kappa shape index (κ2) is 10.5. The third kappa shape index (κ3) is 7.33. The molecule has 0 amide bonds. The van der Waals surface area contributed by atoms with Crippen molar-refractivity contribution in [1.29, 1.82) is 0 Å². The first-order valence-corrected chi connectivity index (χ1v) is 10.4. The fourth-order valence-corrected chi connectivity index (χ4v) is 2.73. The van der Waals surface area contributed by atoms with E-state index < -0.39 is 29.1 Å². The number of nitrogens with zero attached hydrogens (tertiary/aromatic N) is 2. The molecular formula is C22H30FN3O7. The molecule has 0 fully saturated rings. The maximum absolute atomic E-state index is 14.9. The number of hydrogen-bond donors (Lipinski definition) is 1. The number of anilines is 1. The minimum absolute atomic E-state index is 0.0228. The SMILES string of the molecule is CCOc1nc(OCCOC(=O)OC(C)(C)C)c2cc(NC(C)(C)C(=O)OC)cc(F)c2n1. The van der Waals surface area contributed by atoms with Crippen LogP contribution in [-0.2, 0) is 19.0 Å². The number of hydrogen-bond acceptors (Lipinski definition) is 10. The number of carbonyl (C=O) groups excluding carboxylic acids is 2. The number of benzene rings is 1. The lowest BCUT2D eigenvalue weighted by Gasteiger charge is -2.24. The van der Waals surface area contributed by atoms with Crippen LogP contribution >= 0.6 is 0 Å². The minimum atomic E-state index is -1.12. The average Bonchev–Trinajstić information content (AvgIpc) is 2.69. The van der Waals surface area contributed by atoms with E-state index in [-0.39, 0.29) is 48.3 Å². The molecule has 1 aromatic heterocycles. The summed E-state index contributed by atoms with van der Waals surface area (Å²) < 4.78 is 40.7. The van der Waals surface area contributed by atoms with E-state index >= 15 is 0 Å². The number of nitrogens with one attached hydrogen (secondary N) is 1. The minimum Gasteiger partial charge on any atom is -0.473 e. The normalized spacial score (nSPS) is 11.6. The summed E-state index contributed by atoms with van der Waals surface area (Å²) in [4.78, 5) is 32.0. The van der Waals surface area contributed by atoms with Crippen molar-refractivity contribution in [1.82, 2.24) is 9.97 Å². The Hall–Kier alpha value is -3.37. The van der Waals surface area contributed by atoms with Gasteiger partial charge in [0.15, 0.2) is 5.82 Å². The number of fused-ring (bicyclic) bond motifs is 1. The maximum atomic E-state index is 14.9. The van der Waals surface area contributed by atoms with Crippen molar-refractivity contribution in [3.05, 3.63) is 17.9 Å². The monoisotopic (exact) mass is 467 g/mol. The summed E-state index contributed by atoms with van der Waals surface area (Å²) >= 11 is 0. The van der Waals surface area contributed by atoms with Gasteiger partial charge in [0.1, 0.15) is 29.9 Å². The molecule has 1 N–H and O–H groups in total. The van der Waals surface area contributed by atoms with Gasteiger partial charge in [-0.05, 0) is 53.7 Å². The second-order valence-electron chi connectivity index (χ2n) is 8.50. The van der Waals surface area contributed by atoms with Crippen LogP contribution in [-0.4, -0.2) is 60.2 Å². The van der Waals surface area contributed by atoms with Gasteiger partial charge < -0.3 is 29.0 Å². The molecule has 0 spiro atoms. The first kappa shape index (κ1) is 25.9. The molecular weight excluding hydrogens is 437 g/mol. The Balaban J connectivity index is 2.29. The van der Waals surface area contributed by atoms with Crippen LogP contribution in [0.15, 0.2) is 12.1 Å². The molecule has 0 saturated carbocycles. The Morgan fingerprint density at radius 1 is 1.06 bits per heavy atom. The number of esters is 1. The zero-order valence-corrected chi connectivity index (χ0v) is 19.9. The lowest BCUT2D eigenvalue weighted by Crippen LogP contribution is -2.41. The van der Waals surface area contributed by atoms with Gasteiger partial charge in [0.2, 0.25) is 5.88 Å². The fraction of sp³-hybridized carbons (Fsp3) is 0.545. The number of halogens is 1. The van der Waals surface area contributed by atoms with Gasteiger partial charge in [-0.25, -0.2) is 14.0 Å². The molecule has 0 atom stereocenters. The molecule has 0 bridgehead atoms. The molecule has 0 radical (unpaired) electrons. The third-order valence-electron chi connectivity index (χ3n) is 4.06. The maximum Gasteiger partial charge on any atom is 0.508 e. The van der Waals surface area contributed by atoms with Gasteiger partial charge in [-0.15, -0.1) is 0 Å². The Kier molecular flexibility index (Phi) is 8.23. The van der Waals surface area contributed by atoms with Crippen molar-refractivity contribution in [2.75, 3.05) is 32.2 Å². The van der Waals surface area contributed by atoms with Crippen LogP contribution in [0.4, 0.5) is 14.9 Å². The summed E-state index contributed by atoms with van der Waals surface area (Å²) in [5.41, 5.74) is -1.55. The number of methoxy groups -OCH3 is 1. The summed E-state index contributed by atoms with van der Waals surface area (Å²) in [6.45, 7) is 10.1. The smallest absolute Gasteiger partial charge is 0.473 e. The molecule has 10 nitrogen and oxygen atoms in total. The summed E-state index contributed by atoms with van der Waals surface area (Å²) in [6, 6.07) is 2.68. The molecule has 2 rings (SSSR count). The van der Waals surface area contributed by atoms with Crippen molar-refractivity contribution in [2.45, 2.75) is 52.7 Å². The summed E-state index contributed by atoms with van der Waals surface area (Å²) in [7, 11) is 1.27. The lowest BCUT2D eigenvalue weighted by molar-refractivity contribution is -0.144. The lowest BCUT2D eigenvalue weighted by atomic mass is 10.0. The summed E-state index contributed by atoms with van der Waals surface area (Å²) in [6.07, 6.45) is -0.837. The molecule has 1 aromatic carbocycles. The van der Waals surface area contributed by atoms with Gasteiger partial charge in [0.25, 0.3) is 0 Å². The van der Waals surface area contributed by atoms with Crippen LogP contribution < -0.4 is 14.8 Å². The quantitative estimate of drug-likeness (QED) is 0.430. The van der Waals surface area contributed by atoms with Crippen LogP contribution in [0.1, 0.15) is 41.5 Å². The van der Waals surface area contributed by atoms with Gasteiger partial charge in [-0.2, -0.15) is 9.97 Å². The van der Waals surface area contributed by atoms with Gasteiger partial charge in [0, 0.05) is 5.69 Å². The molecule has 0 unspecified atom stereocenters. The van der Waals surface area contributed by atoms with E-state index in [4.69, 9.17) is 23.7 Å². The Morgan fingerprint density at radius 2 is 1.76 bits per heavy atom. The van der Waals surface area contributed by atoms with Crippen molar-refractivity contribution in [3.8, 4) is 11.9 Å². The standard InChI is InChI=1S/C22H30FN3O7/c1-8-30-19-24-16-14(11-13(12-15(16)23)26-22(5,6)18(27)29-7)17(25-19)31-9-10-32-20(28)33-21(2,3)4/h11-12,26H,8-10H2,1-7H3. The molecule has 11 heteroatoms. The molecule has 2 aromatic rings. The van der Waals surface area contributed by atoms with Crippen molar-refractivity contribution >= 4 is 28.7 Å². The zero-order chi connectivity index (χ0) is 24.8. The van der Waals surface area contributed by atoms with Crippen LogP contribution in [0.3, 0.4) is 0 Å². The van der Waals surface area contributed by atoms with Crippen molar-refractivity contribution in [2.24, 2.45) is 0 Å². The Bertz CT molecular complexity index is 1010. The fourth-order valence-electron chi connectivity index (χ4n) is 2.73. The number of ether oxygens (including phenoxy) is 5. The summed E-state index contributed by atoms with van der Waals surface area (Å²) in [5, 5.41) is 3.17. The predicted octanol–water partition coefficient (Wildman–Crippen LogP) is 3.86. The van der Waals surface area contributed by atoms with E-state index in [0.717, 1.165) is 0 Å². The van der Waals surface area contributed by atoms with Gasteiger partial charge in [-0.3, -0.25) is 0 Å². The van der Waals surface area contributed by atoms with E-state index in [1.807, 2.05) is 0 Å². The number of rotatable bonds is 9. The van der Waals surface area contributed by atoms with Crippen LogP contribution in [0.5, 0.6) is 11.9 Å². The highest BCUT2D eigenvalue weighted by Gasteiger charge is 2.29. The molecule has 0 aliphatic heterocycles. The van der Waals surface area contributed by atoms with Gasteiger partial charge in [0.05, 0.1) is 19.1 Å². The largest absolute Gasteiger partial charge is 0.508 e. The molecule has 0 saturated heterocycles. The first-order valence-electron chi connectivity index (χ1n) is 10.4. The molecule has 33 heavy (non-hydrogen) atoms. The van der Waals surface area contributed by atoms with Crippen LogP contribution in [0, 0.1) is 5.82 Å². The topological polar surface area (TPSA) is 118 Å². The highest BCUT2D eigenvalue weighted by molar-refractivity contribution is 5.89. The number of carbonyl (C=O) groups is 2. The predicted molar refractivity (Wildman–Crippen MR) is 118 cm³/mol. The van der Waals surface area contributed by atoms with E-state index in [2.05, 4.69) is 15.3 Å². The van der Waals surface area contributed by atoms with Crippen molar-refractivity contribution < 1.29 is 37.7 Å².